The fraction of sp³-hybridized carbons (Fsp3) is 0.0556. The summed E-state index contributed by atoms with van der Waals surface area (Å²) in [5, 5.41) is 8.91. The van der Waals surface area contributed by atoms with Crippen molar-refractivity contribution in [1.82, 2.24) is 14.8 Å². The smallest absolute Gasteiger partial charge is 0.264 e. The van der Waals surface area contributed by atoms with E-state index in [-0.39, 0.29) is 11.7 Å². The highest BCUT2D eigenvalue weighted by Crippen LogP contribution is 2.34. The summed E-state index contributed by atoms with van der Waals surface area (Å²) in [5.41, 5.74) is 2.57. The summed E-state index contributed by atoms with van der Waals surface area (Å²) < 4.78 is 20.4. The fourth-order valence-corrected chi connectivity index (χ4v) is 3.08. The van der Waals surface area contributed by atoms with Crippen LogP contribution in [0.5, 0.6) is 0 Å². The molecule has 124 valence electrons. The van der Waals surface area contributed by atoms with Gasteiger partial charge in [0, 0.05) is 17.0 Å². The molecule has 25 heavy (non-hydrogen) atoms. The molecule has 2 aromatic heterocycles. The van der Waals surface area contributed by atoms with Gasteiger partial charge in [0.2, 0.25) is 6.39 Å². The van der Waals surface area contributed by atoms with Crippen LogP contribution in [-0.2, 0) is 6.54 Å². The molecule has 4 aromatic rings. The quantitative estimate of drug-likeness (QED) is 0.511. The summed E-state index contributed by atoms with van der Waals surface area (Å²) in [6.07, 6.45) is 1.97. The summed E-state index contributed by atoms with van der Waals surface area (Å²) in [6.45, 7) is 0.392. The van der Waals surface area contributed by atoms with E-state index in [1.807, 2.05) is 4.57 Å². The topological polar surface area (TPSA) is 60.9 Å². The molecule has 0 aliphatic heterocycles. The van der Waals surface area contributed by atoms with Crippen LogP contribution < -0.4 is 0 Å². The number of nitrogens with zero attached hydrogens (tertiary/aromatic N) is 3. The third-order valence-electron chi connectivity index (χ3n) is 4.00. The number of benzene rings is 2. The minimum absolute atomic E-state index is 0.233. The van der Waals surface area contributed by atoms with Gasteiger partial charge in [0.15, 0.2) is 6.29 Å². The number of halogens is 2. The lowest BCUT2D eigenvalue weighted by atomic mass is 10.1. The molecule has 0 amide bonds. The third kappa shape index (κ3) is 2.70. The van der Waals surface area contributed by atoms with E-state index in [0.29, 0.717) is 22.8 Å². The molecule has 5 nitrogen and oxygen atoms in total. The molecule has 0 atom stereocenters. The number of aldehydes is 1. The van der Waals surface area contributed by atoms with Gasteiger partial charge in [0.05, 0.1) is 11.1 Å². The SMILES string of the molecule is O=Cc1c(-c2nnco2)n(Cc2ccc(F)cc2)c2cc(Cl)ccc12. The van der Waals surface area contributed by atoms with Crippen molar-refractivity contribution in [1.29, 1.82) is 0 Å². The minimum atomic E-state index is -0.310. The maximum absolute atomic E-state index is 13.2. The zero-order valence-corrected chi connectivity index (χ0v) is 13.6. The van der Waals surface area contributed by atoms with Gasteiger partial charge in [-0.3, -0.25) is 4.79 Å². The highest BCUT2D eigenvalue weighted by molar-refractivity contribution is 6.31. The summed E-state index contributed by atoms with van der Waals surface area (Å²) in [4.78, 5) is 11.7. The molecule has 0 aliphatic rings. The van der Waals surface area contributed by atoms with Crippen molar-refractivity contribution in [2.45, 2.75) is 6.54 Å². The maximum atomic E-state index is 13.2. The zero-order valence-electron chi connectivity index (χ0n) is 12.8. The van der Waals surface area contributed by atoms with Gasteiger partial charge in [-0.2, -0.15) is 0 Å². The van der Waals surface area contributed by atoms with Gasteiger partial charge in [0.1, 0.15) is 11.5 Å². The van der Waals surface area contributed by atoms with Crippen LogP contribution in [0.25, 0.3) is 22.5 Å². The number of hydrogen-bond acceptors (Lipinski definition) is 4. The van der Waals surface area contributed by atoms with Crippen molar-refractivity contribution in [3.05, 3.63) is 70.8 Å². The Morgan fingerprint density at radius 2 is 2.00 bits per heavy atom. The van der Waals surface area contributed by atoms with Crippen molar-refractivity contribution in [2.75, 3.05) is 0 Å². The zero-order chi connectivity index (χ0) is 17.4. The van der Waals surface area contributed by atoms with Crippen LogP contribution in [-0.4, -0.2) is 21.1 Å². The van der Waals surface area contributed by atoms with Crippen LogP contribution >= 0.6 is 11.6 Å². The van der Waals surface area contributed by atoms with Crippen molar-refractivity contribution < 1.29 is 13.6 Å². The Bertz CT molecular complexity index is 1060. The van der Waals surface area contributed by atoms with Gasteiger partial charge in [-0.1, -0.05) is 29.8 Å². The van der Waals surface area contributed by atoms with E-state index >= 15 is 0 Å². The molecular weight excluding hydrogens is 345 g/mol. The molecule has 2 aromatic carbocycles. The standard InChI is InChI=1S/C18H11ClFN3O2/c19-12-3-6-14-15(9-24)17(18-22-21-10-25-18)23(16(14)7-12)8-11-1-4-13(20)5-2-11/h1-7,9-10H,8H2. The van der Waals surface area contributed by atoms with Crippen molar-refractivity contribution in [2.24, 2.45) is 0 Å². The van der Waals surface area contributed by atoms with E-state index in [2.05, 4.69) is 10.2 Å². The monoisotopic (exact) mass is 355 g/mol. The number of carbonyl (C=O) groups is 1. The van der Waals surface area contributed by atoms with Gasteiger partial charge in [-0.05, 0) is 29.8 Å². The first-order valence-electron chi connectivity index (χ1n) is 7.45. The summed E-state index contributed by atoms with van der Waals surface area (Å²) >= 11 is 6.14. The van der Waals surface area contributed by atoms with Crippen LogP contribution in [0.2, 0.25) is 5.02 Å². The first-order chi connectivity index (χ1) is 12.2. The summed E-state index contributed by atoms with van der Waals surface area (Å²) in [5.74, 6) is -0.0774. The van der Waals surface area contributed by atoms with Crippen LogP contribution in [0.4, 0.5) is 4.39 Å². The molecular formula is C18H11ClFN3O2. The van der Waals surface area contributed by atoms with Crippen LogP contribution in [0.15, 0.2) is 53.3 Å². The molecule has 0 unspecified atom stereocenters. The number of carbonyl (C=O) groups excluding carboxylic acids is 1. The predicted molar refractivity (Wildman–Crippen MR) is 91.1 cm³/mol. The molecule has 2 heterocycles. The van der Waals surface area contributed by atoms with E-state index in [1.54, 1.807) is 30.3 Å². The molecule has 0 saturated heterocycles. The maximum Gasteiger partial charge on any atom is 0.264 e. The van der Waals surface area contributed by atoms with E-state index in [4.69, 9.17) is 16.0 Å². The Labute approximate surface area is 146 Å². The molecule has 0 fully saturated rings. The largest absolute Gasteiger partial charge is 0.422 e. The van der Waals surface area contributed by atoms with Gasteiger partial charge in [-0.15, -0.1) is 10.2 Å². The molecule has 0 radical (unpaired) electrons. The molecule has 0 saturated carbocycles. The molecule has 0 N–H and O–H groups in total. The molecule has 4 rings (SSSR count). The highest BCUT2D eigenvalue weighted by atomic mass is 35.5. The van der Waals surface area contributed by atoms with Crippen molar-refractivity contribution in [3.63, 3.8) is 0 Å². The lowest BCUT2D eigenvalue weighted by Gasteiger charge is -2.09. The highest BCUT2D eigenvalue weighted by Gasteiger charge is 2.22. The van der Waals surface area contributed by atoms with Gasteiger partial charge < -0.3 is 8.98 Å². The van der Waals surface area contributed by atoms with E-state index in [9.17, 15) is 9.18 Å². The van der Waals surface area contributed by atoms with Gasteiger partial charge in [0.25, 0.3) is 5.89 Å². The van der Waals surface area contributed by atoms with E-state index in [0.717, 1.165) is 22.8 Å². The normalized spacial score (nSPS) is 11.1. The Morgan fingerprint density at radius 1 is 1.20 bits per heavy atom. The van der Waals surface area contributed by atoms with Crippen molar-refractivity contribution >= 4 is 28.8 Å². The average Bonchev–Trinajstić information content (AvgIpc) is 3.23. The second-order valence-electron chi connectivity index (χ2n) is 5.50. The van der Waals surface area contributed by atoms with Crippen LogP contribution in [0.3, 0.4) is 0 Å². The first-order valence-corrected chi connectivity index (χ1v) is 7.83. The second-order valence-corrected chi connectivity index (χ2v) is 5.93. The van der Waals surface area contributed by atoms with E-state index in [1.165, 1.54) is 18.5 Å². The third-order valence-corrected chi connectivity index (χ3v) is 4.24. The lowest BCUT2D eigenvalue weighted by Crippen LogP contribution is -2.03. The number of rotatable bonds is 4. The minimum Gasteiger partial charge on any atom is -0.422 e. The Morgan fingerprint density at radius 3 is 2.68 bits per heavy atom. The number of fused-ring (bicyclic) bond motifs is 1. The molecule has 0 aliphatic carbocycles. The molecule has 0 spiro atoms. The lowest BCUT2D eigenvalue weighted by molar-refractivity contribution is 0.112. The Kier molecular flexibility index (Phi) is 3.82. The predicted octanol–water partition coefficient (Wildman–Crippen LogP) is 4.34. The summed E-state index contributed by atoms with van der Waals surface area (Å²) in [6, 6.07) is 11.4. The second kappa shape index (κ2) is 6.14. The van der Waals surface area contributed by atoms with Crippen LogP contribution in [0.1, 0.15) is 15.9 Å². The Hall–Kier alpha value is -2.99. The molecule has 0 bridgehead atoms. The number of aromatic nitrogens is 3. The Balaban J connectivity index is 1.99. The first kappa shape index (κ1) is 15.5. The van der Waals surface area contributed by atoms with Gasteiger partial charge in [-0.25, -0.2) is 4.39 Å². The molecule has 7 heteroatoms. The van der Waals surface area contributed by atoms with E-state index < -0.39 is 0 Å². The van der Waals surface area contributed by atoms with Gasteiger partial charge >= 0.3 is 0 Å². The number of hydrogen-bond donors (Lipinski definition) is 0. The van der Waals surface area contributed by atoms with Crippen LogP contribution in [0, 0.1) is 5.82 Å². The average molecular weight is 356 g/mol. The fourth-order valence-electron chi connectivity index (χ4n) is 2.91. The van der Waals surface area contributed by atoms with Crippen molar-refractivity contribution in [3.8, 4) is 11.6 Å². The summed E-state index contributed by atoms with van der Waals surface area (Å²) in [7, 11) is 0.